The van der Waals surface area contributed by atoms with Crippen molar-refractivity contribution in [2.24, 2.45) is 0 Å². The highest BCUT2D eigenvalue weighted by Gasteiger charge is 2.17. The topological polar surface area (TPSA) is 55.4 Å². The highest BCUT2D eigenvalue weighted by Crippen LogP contribution is 2.09. The molecule has 0 aliphatic carbocycles. The maximum atomic E-state index is 13.3. The average Bonchev–Trinajstić information content (AvgIpc) is 2.33. The van der Waals surface area contributed by atoms with Gasteiger partial charge >= 0.3 is 5.97 Å². The van der Waals surface area contributed by atoms with Gasteiger partial charge in [0.05, 0.1) is 6.42 Å². The van der Waals surface area contributed by atoms with Crippen LogP contribution in [0.25, 0.3) is 0 Å². The molecule has 0 aromatic heterocycles. The Morgan fingerprint density at radius 1 is 1.20 bits per heavy atom. The van der Waals surface area contributed by atoms with Crippen LogP contribution in [0.3, 0.4) is 0 Å². The predicted octanol–water partition coefficient (Wildman–Crippen LogP) is 2.56. The lowest BCUT2D eigenvalue weighted by Gasteiger charge is -2.19. The summed E-state index contributed by atoms with van der Waals surface area (Å²) in [5.41, 5.74) is -0.140. The summed E-state index contributed by atoms with van der Waals surface area (Å²) in [7, 11) is 0. The number of rotatable bonds is 5. The molecule has 0 bridgehead atoms. The number of amides is 1. The van der Waals surface area contributed by atoms with Gasteiger partial charge in [-0.15, -0.1) is 0 Å². The summed E-state index contributed by atoms with van der Waals surface area (Å²) in [5.74, 6) is -1.09. The highest BCUT2D eigenvalue weighted by atomic mass is 19.1. The van der Waals surface area contributed by atoms with E-state index in [0.717, 1.165) is 0 Å². The van der Waals surface area contributed by atoms with Crippen LogP contribution in [-0.2, 0) is 20.9 Å². The van der Waals surface area contributed by atoms with E-state index in [1.165, 1.54) is 6.07 Å². The quantitative estimate of drug-likeness (QED) is 0.844. The van der Waals surface area contributed by atoms with Gasteiger partial charge < -0.3 is 10.1 Å². The molecule has 0 heterocycles. The fourth-order valence-corrected chi connectivity index (χ4v) is 1.53. The van der Waals surface area contributed by atoms with Gasteiger partial charge in [0, 0.05) is 18.5 Å². The van der Waals surface area contributed by atoms with Crippen LogP contribution < -0.4 is 5.32 Å². The maximum absolute atomic E-state index is 13.3. The van der Waals surface area contributed by atoms with Gasteiger partial charge in [0.25, 0.3) is 0 Å². The lowest BCUT2D eigenvalue weighted by molar-refractivity contribution is -0.155. The summed E-state index contributed by atoms with van der Waals surface area (Å²) in [5, 5.41) is 2.57. The first-order valence-corrected chi connectivity index (χ1v) is 6.50. The molecule has 0 aliphatic rings. The van der Waals surface area contributed by atoms with E-state index in [2.05, 4.69) is 5.32 Å². The van der Waals surface area contributed by atoms with Crippen molar-refractivity contribution < 1.29 is 18.7 Å². The molecular weight excluding hydrogens is 261 g/mol. The van der Waals surface area contributed by atoms with Gasteiger partial charge in [0.15, 0.2) is 0 Å². The predicted molar refractivity (Wildman–Crippen MR) is 73.3 cm³/mol. The average molecular weight is 281 g/mol. The van der Waals surface area contributed by atoms with Gasteiger partial charge in [-0.1, -0.05) is 18.2 Å². The number of carbonyl (C=O) groups excluding carboxylic acids is 2. The summed E-state index contributed by atoms with van der Waals surface area (Å²) in [4.78, 5) is 23.0. The van der Waals surface area contributed by atoms with E-state index in [1.807, 2.05) is 0 Å². The van der Waals surface area contributed by atoms with Crippen LogP contribution in [0, 0.1) is 5.82 Å². The molecule has 0 atom stereocenters. The van der Waals surface area contributed by atoms with E-state index in [1.54, 1.807) is 39.0 Å². The van der Waals surface area contributed by atoms with Crippen LogP contribution in [0.2, 0.25) is 0 Å². The molecule has 0 unspecified atom stereocenters. The minimum absolute atomic E-state index is 0.0143. The fraction of sp³-hybridized carbons (Fsp3) is 0.467. The molecule has 0 saturated heterocycles. The third kappa shape index (κ3) is 6.31. The van der Waals surface area contributed by atoms with Gasteiger partial charge in [0.1, 0.15) is 11.4 Å². The third-order valence-electron chi connectivity index (χ3n) is 2.41. The summed E-state index contributed by atoms with van der Waals surface area (Å²) >= 11 is 0. The molecule has 4 nitrogen and oxygen atoms in total. The number of esters is 1. The molecule has 0 saturated carbocycles. The lowest BCUT2D eigenvalue weighted by Crippen LogP contribution is -2.27. The molecule has 1 rings (SSSR count). The van der Waals surface area contributed by atoms with Crippen LogP contribution in [0.4, 0.5) is 4.39 Å². The van der Waals surface area contributed by atoms with E-state index in [4.69, 9.17) is 4.74 Å². The second-order valence-corrected chi connectivity index (χ2v) is 5.45. The Bertz CT molecular complexity index is 480. The number of halogens is 1. The minimum atomic E-state index is -0.555. The second kappa shape index (κ2) is 7.03. The van der Waals surface area contributed by atoms with E-state index >= 15 is 0 Å². The Hall–Kier alpha value is -1.91. The zero-order chi connectivity index (χ0) is 15.2. The van der Waals surface area contributed by atoms with E-state index in [-0.39, 0.29) is 31.1 Å². The zero-order valence-corrected chi connectivity index (χ0v) is 12.0. The monoisotopic (exact) mass is 281 g/mol. The second-order valence-electron chi connectivity index (χ2n) is 5.45. The van der Waals surface area contributed by atoms with Crippen molar-refractivity contribution in [1.82, 2.24) is 5.32 Å². The Kier molecular flexibility index (Phi) is 5.67. The molecule has 1 aromatic carbocycles. The minimum Gasteiger partial charge on any atom is -0.460 e. The summed E-state index contributed by atoms with van der Waals surface area (Å²) in [6.45, 7) is 5.41. The van der Waals surface area contributed by atoms with Crippen molar-refractivity contribution in [1.29, 1.82) is 0 Å². The van der Waals surface area contributed by atoms with Crippen molar-refractivity contribution >= 4 is 11.9 Å². The molecule has 1 amide bonds. The smallest absolute Gasteiger partial charge is 0.306 e. The number of nitrogens with one attached hydrogen (secondary N) is 1. The molecule has 110 valence electrons. The number of carbonyl (C=O) groups is 2. The molecular formula is C15H20FNO3. The Morgan fingerprint density at radius 2 is 1.85 bits per heavy atom. The Balaban J connectivity index is 2.31. The molecule has 0 fully saturated rings. The molecule has 1 aromatic rings. The van der Waals surface area contributed by atoms with Crippen molar-refractivity contribution in [3.8, 4) is 0 Å². The first kappa shape index (κ1) is 16.1. The van der Waals surface area contributed by atoms with Crippen LogP contribution in [0.15, 0.2) is 24.3 Å². The molecule has 5 heteroatoms. The van der Waals surface area contributed by atoms with E-state index < -0.39 is 11.6 Å². The molecule has 0 spiro atoms. The van der Waals surface area contributed by atoms with Gasteiger partial charge in [-0.2, -0.15) is 0 Å². The zero-order valence-electron chi connectivity index (χ0n) is 12.0. The highest BCUT2D eigenvalue weighted by molar-refractivity contribution is 5.81. The number of ether oxygens (including phenoxy) is 1. The van der Waals surface area contributed by atoms with Gasteiger partial charge in [0.2, 0.25) is 5.91 Å². The van der Waals surface area contributed by atoms with Crippen molar-refractivity contribution in [3.05, 3.63) is 35.6 Å². The normalized spacial score (nSPS) is 11.0. The first-order chi connectivity index (χ1) is 9.28. The molecule has 20 heavy (non-hydrogen) atoms. The summed E-state index contributed by atoms with van der Waals surface area (Å²) in [6, 6.07) is 6.22. The molecule has 0 aliphatic heterocycles. The molecule has 1 N–H and O–H groups in total. The van der Waals surface area contributed by atoms with Crippen molar-refractivity contribution in [2.75, 3.05) is 0 Å². The maximum Gasteiger partial charge on any atom is 0.306 e. The standard InChI is InChI=1S/C15H20FNO3/c1-15(2,3)20-14(19)9-8-13(18)17-10-11-6-4-5-7-12(11)16/h4-7H,8-10H2,1-3H3,(H,17,18). The fourth-order valence-electron chi connectivity index (χ4n) is 1.53. The lowest BCUT2D eigenvalue weighted by atomic mass is 10.2. The van der Waals surface area contributed by atoms with Crippen molar-refractivity contribution in [3.63, 3.8) is 0 Å². The van der Waals surface area contributed by atoms with Crippen LogP contribution >= 0.6 is 0 Å². The van der Waals surface area contributed by atoms with Crippen molar-refractivity contribution in [2.45, 2.75) is 45.8 Å². The van der Waals surface area contributed by atoms with Gasteiger partial charge in [-0.3, -0.25) is 9.59 Å². The Morgan fingerprint density at radius 3 is 2.45 bits per heavy atom. The van der Waals surface area contributed by atoms with Crippen LogP contribution in [-0.4, -0.2) is 17.5 Å². The van der Waals surface area contributed by atoms with Crippen LogP contribution in [0.5, 0.6) is 0 Å². The number of hydrogen-bond acceptors (Lipinski definition) is 3. The summed E-state index contributed by atoms with van der Waals surface area (Å²) < 4.78 is 18.4. The molecule has 0 radical (unpaired) electrons. The summed E-state index contributed by atoms with van der Waals surface area (Å²) in [6.07, 6.45) is 0.0454. The van der Waals surface area contributed by atoms with Gasteiger partial charge in [-0.05, 0) is 26.8 Å². The van der Waals surface area contributed by atoms with E-state index in [0.29, 0.717) is 5.56 Å². The number of hydrogen-bond donors (Lipinski definition) is 1. The van der Waals surface area contributed by atoms with Gasteiger partial charge in [-0.25, -0.2) is 4.39 Å². The third-order valence-corrected chi connectivity index (χ3v) is 2.41. The number of benzene rings is 1. The SMILES string of the molecule is CC(C)(C)OC(=O)CCC(=O)NCc1ccccc1F. The van der Waals surface area contributed by atoms with Crippen LogP contribution in [0.1, 0.15) is 39.2 Å². The largest absolute Gasteiger partial charge is 0.460 e. The first-order valence-electron chi connectivity index (χ1n) is 6.50. The Labute approximate surface area is 118 Å². The van der Waals surface area contributed by atoms with E-state index in [9.17, 15) is 14.0 Å².